The normalized spacial score (nSPS) is 18.3. The monoisotopic (exact) mass is 350 g/mol. The molecule has 26 heavy (non-hydrogen) atoms. The van der Waals surface area contributed by atoms with Gasteiger partial charge in [-0.25, -0.2) is 4.98 Å². The van der Waals surface area contributed by atoms with Crippen LogP contribution in [0.3, 0.4) is 0 Å². The molecule has 1 fully saturated rings. The molecule has 1 amide bonds. The van der Waals surface area contributed by atoms with Gasteiger partial charge in [0.2, 0.25) is 0 Å². The number of hydrogen-bond donors (Lipinski definition) is 0. The number of carbonyl (C=O) groups is 2. The number of pyridine rings is 1. The molecule has 0 aliphatic heterocycles. The minimum atomic E-state index is -0.0906. The van der Waals surface area contributed by atoms with E-state index < -0.39 is 0 Å². The first-order chi connectivity index (χ1) is 12.6. The third-order valence-electron chi connectivity index (χ3n) is 5.28. The number of benzene rings is 1. The highest BCUT2D eigenvalue weighted by molar-refractivity contribution is 5.92. The van der Waals surface area contributed by atoms with Crippen LogP contribution in [0.25, 0.3) is 0 Å². The standard InChI is InChI=1S/C21H22N2O3/c1-23(18-9-16-5-4-15(12-24)8-17(16)10-18)21(25)20-7-6-19(11-22-20)26-13-14-2-3-14/h4-8,11-12,14,18H,2-3,9-10,13H2,1H3/t18-/m1/s1. The Morgan fingerprint density at radius 2 is 2.04 bits per heavy atom. The molecule has 0 N–H and O–H groups in total. The van der Waals surface area contributed by atoms with Gasteiger partial charge in [0.15, 0.2) is 0 Å². The number of aromatic nitrogens is 1. The maximum absolute atomic E-state index is 12.8. The van der Waals surface area contributed by atoms with E-state index in [0.29, 0.717) is 22.9 Å². The van der Waals surface area contributed by atoms with Crippen LogP contribution in [-0.2, 0) is 12.8 Å². The molecule has 1 saturated carbocycles. The molecule has 0 unspecified atom stereocenters. The van der Waals surface area contributed by atoms with Gasteiger partial charge in [-0.3, -0.25) is 9.59 Å². The fourth-order valence-electron chi connectivity index (χ4n) is 3.40. The Morgan fingerprint density at radius 3 is 2.73 bits per heavy atom. The van der Waals surface area contributed by atoms with E-state index >= 15 is 0 Å². The summed E-state index contributed by atoms with van der Waals surface area (Å²) in [7, 11) is 1.82. The summed E-state index contributed by atoms with van der Waals surface area (Å²) in [6.45, 7) is 0.734. The largest absolute Gasteiger partial charge is 0.492 e. The number of nitrogens with zero attached hydrogens (tertiary/aromatic N) is 2. The second-order valence-electron chi connectivity index (χ2n) is 7.26. The number of hydrogen-bond acceptors (Lipinski definition) is 4. The van der Waals surface area contributed by atoms with Crippen molar-refractivity contribution in [3.05, 3.63) is 58.9 Å². The van der Waals surface area contributed by atoms with Crippen molar-refractivity contribution in [3.8, 4) is 5.75 Å². The Bertz CT molecular complexity index is 828. The number of aldehydes is 1. The van der Waals surface area contributed by atoms with Crippen molar-refractivity contribution in [2.75, 3.05) is 13.7 Å². The maximum atomic E-state index is 12.8. The molecule has 0 saturated heterocycles. The molecule has 0 bridgehead atoms. The predicted octanol–water partition coefficient (Wildman–Crippen LogP) is 2.92. The van der Waals surface area contributed by atoms with Gasteiger partial charge in [0.05, 0.1) is 12.8 Å². The van der Waals surface area contributed by atoms with Gasteiger partial charge in [0.1, 0.15) is 17.7 Å². The lowest BCUT2D eigenvalue weighted by Gasteiger charge is -2.24. The summed E-state index contributed by atoms with van der Waals surface area (Å²) in [5.74, 6) is 1.31. The highest BCUT2D eigenvalue weighted by Crippen LogP contribution is 2.29. The number of likely N-dealkylation sites (N-methyl/N-ethyl adjacent to an activating group) is 1. The third kappa shape index (κ3) is 3.47. The third-order valence-corrected chi connectivity index (χ3v) is 5.28. The predicted molar refractivity (Wildman–Crippen MR) is 97.6 cm³/mol. The van der Waals surface area contributed by atoms with E-state index in [0.717, 1.165) is 31.3 Å². The van der Waals surface area contributed by atoms with Gasteiger partial charge in [-0.15, -0.1) is 0 Å². The quantitative estimate of drug-likeness (QED) is 0.752. The second kappa shape index (κ2) is 6.90. The molecule has 5 heteroatoms. The van der Waals surface area contributed by atoms with Gasteiger partial charge in [-0.05, 0) is 60.9 Å². The van der Waals surface area contributed by atoms with Gasteiger partial charge in [0, 0.05) is 18.7 Å². The van der Waals surface area contributed by atoms with Crippen LogP contribution < -0.4 is 4.74 Å². The molecule has 1 atom stereocenters. The molecule has 2 aromatic rings. The fourth-order valence-corrected chi connectivity index (χ4v) is 3.40. The minimum Gasteiger partial charge on any atom is -0.492 e. The number of rotatable bonds is 6. The topological polar surface area (TPSA) is 59.5 Å². The van der Waals surface area contributed by atoms with E-state index in [1.807, 2.05) is 31.3 Å². The van der Waals surface area contributed by atoms with Crippen molar-refractivity contribution < 1.29 is 14.3 Å². The van der Waals surface area contributed by atoms with Crippen LogP contribution in [0.1, 0.15) is 44.8 Å². The van der Waals surface area contributed by atoms with E-state index in [9.17, 15) is 9.59 Å². The second-order valence-corrected chi connectivity index (χ2v) is 7.26. The minimum absolute atomic E-state index is 0.0898. The summed E-state index contributed by atoms with van der Waals surface area (Å²) >= 11 is 0. The number of amides is 1. The molecular formula is C21H22N2O3. The molecule has 2 aliphatic rings. The zero-order valence-corrected chi connectivity index (χ0v) is 14.9. The smallest absolute Gasteiger partial charge is 0.272 e. The van der Waals surface area contributed by atoms with Crippen LogP contribution in [0.2, 0.25) is 0 Å². The zero-order chi connectivity index (χ0) is 18.1. The van der Waals surface area contributed by atoms with E-state index in [2.05, 4.69) is 4.98 Å². The summed E-state index contributed by atoms with van der Waals surface area (Å²) in [6, 6.07) is 9.38. The summed E-state index contributed by atoms with van der Waals surface area (Å²) in [4.78, 5) is 29.7. The van der Waals surface area contributed by atoms with Crippen molar-refractivity contribution in [3.63, 3.8) is 0 Å². The first kappa shape index (κ1) is 16.8. The molecule has 1 aromatic heterocycles. The molecule has 0 spiro atoms. The Labute approximate surface area is 153 Å². The molecule has 0 radical (unpaired) electrons. The van der Waals surface area contributed by atoms with Crippen LogP contribution >= 0.6 is 0 Å². The number of carbonyl (C=O) groups excluding carboxylic acids is 2. The Kier molecular flexibility index (Phi) is 4.45. The van der Waals surface area contributed by atoms with E-state index in [1.165, 1.54) is 18.4 Å². The summed E-state index contributed by atoms with van der Waals surface area (Å²) in [5, 5.41) is 0. The van der Waals surface area contributed by atoms with Crippen molar-refractivity contribution in [2.24, 2.45) is 5.92 Å². The Balaban J connectivity index is 1.40. The lowest BCUT2D eigenvalue weighted by Crippen LogP contribution is -2.38. The molecule has 2 aliphatic carbocycles. The molecule has 134 valence electrons. The zero-order valence-electron chi connectivity index (χ0n) is 14.9. The van der Waals surface area contributed by atoms with E-state index in [-0.39, 0.29) is 11.9 Å². The van der Waals surface area contributed by atoms with Gasteiger partial charge < -0.3 is 9.64 Å². The number of fused-ring (bicyclic) bond motifs is 1. The van der Waals surface area contributed by atoms with Crippen molar-refractivity contribution in [2.45, 2.75) is 31.7 Å². The molecular weight excluding hydrogens is 328 g/mol. The van der Waals surface area contributed by atoms with Crippen LogP contribution in [0.15, 0.2) is 36.5 Å². The van der Waals surface area contributed by atoms with Crippen LogP contribution in [0, 0.1) is 5.92 Å². The Morgan fingerprint density at radius 1 is 1.23 bits per heavy atom. The van der Waals surface area contributed by atoms with Gasteiger partial charge >= 0.3 is 0 Å². The average molecular weight is 350 g/mol. The first-order valence-corrected chi connectivity index (χ1v) is 9.07. The van der Waals surface area contributed by atoms with Crippen molar-refractivity contribution in [1.29, 1.82) is 0 Å². The van der Waals surface area contributed by atoms with Crippen LogP contribution in [0.4, 0.5) is 0 Å². The molecule has 1 aromatic carbocycles. The highest BCUT2D eigenvalue weighted by atomic mass is 16.5. The van der Waals surface area contributed by atoms with E-state index in [1.54, 1.807) is 17.2 Å². The molecule has 4 rings (SSSR count). The number of ether oxygens (including phenoxy) is 1. The maximum Gasteiger partial charge on any atom is 0.272 e. The van der Waals surface area contributed by atoms with Gasteiger partial charge in [-0.1, -0.05) is 12.1 Å². The fraction of sp³-hybridized carbons (Fsp3) is 0.381. The summed E-state index contributed by atoms with van der Waals surface area (Å²) < 4.78 is 5.67. The summed E-state index contributed by atoms with van der Waals surface area (Å²) in [6.07, 6.45) is 6.55. The van der Waals surface area contributed by atoms with Crippen molar-refractivity contribution >= 4 is 12.2 Å². The Hall–Kier alpha value is -2.69. The highest BCUT2D eigenvalue weighted by Gasteiger charge is 2.29. The first-order valence-electron chi connectivity index (χ1n) is 9.07. The lowest BCUT2D eigenvalue weighted by molar-refractivity contribution is 0.0731. The SMILES string of the molecule is CN(C(=O)c1ccc(OCC2CC2)cn1)[C@@H]1Cc2ccc(C=O)cc2C1. The van der Waals surface area contributed by atoms with Gasteiger partial charge in [0.25, 0.3) is 5.91 Å². The molecule has 1 heterocycles. The molecule has 5 nitrogen and oxygen atoms in total. The van der Waals surface area contributed by atoms with Crippen LogP contribution in [-0.4, -0.2) is 41.8 Å². The summed E-state index contributed by atoms with van der Waals surface area (Å²) in [5.41, 5.74) is 3.46. The van der Waals surface area contributed by atoms with Crippen LogP contribution in [0.5, 0.6) is 5.75 Å². The lowest BCUT2D eigenvalue weighted by atomic mass is 10.1. The van der Waals surface area contributed by atoms with E-state index in [4.69, 9.17) is 4.74 Å². The van der Waals surface area contributed by atoms with Crippen molar-refractivity contribution in [1.82, 2.24) is 9.88 Å². The van der Waals surface area contributed by atoms with Gasteiger partial charge in [-0.2, -0.15) is 0 Å². The average Bonchev–Trinajstić information content (AvgIpc) is 3.41.